The van der Waals surface area contributed by atoms with E-state index >= 15 is 0 Å². The van der Waals surface area contributed by atoms with Crippen molar-refractivity contribution in [2.45, 2.75) is 60.1 Å². The maximum Gasteiger partial charge on any atom is 0.407 e. The highest BCUT2D eigenvalue weighted by molar-refractivity contribution is 5.67. The Kier molecular flexibility index (Phi) is 8.34. The van der Waals surface area contributed by atoms with E-state index in [0.29, 0.717) is 12.5 Å². The molecule has 5 heteroatoms. The summed E-state index contributed by atoms with van der Waals surface area (Å²) in [4.78, 5) is 13.9. The van der Waals surface area contributed by atoms with Crippen molar-refractivity contribution in [1.82, 2.24) is 10.2 Å². The van der Waals surface area contributed by atoms with Gasteiger partial charge in [-0.05, 0) is 39.8 Å². The first-order valence-corrected chi connectivity index (χ1v) is 7.76. The Balaban J connectivity index is 4.77. The van der Waals surface area contributed by atoms with Crippen LogP contribution < -0.4 is 5.32 Å². The fraction of sp³-hybridized carbons (Fsp3) is 0.875. The zero-order valence-corrected chi connectivity index (χ0v) is 14.6. The van der Waals surface area contributed by atoms with E-state index in [2.05, 4.69) is 30.1 Å². The van der Waals surface area contributed by atoms with Gasteiger partial charge in [0.15, 0.2) is 0 Å². The Bertz CT molecular complexity index is 352. The van der Waals surface area contributed by atoms with Crippen LogP contribution in [0.1, 0.15) is 48.5 Å². The summed E-state index contributed by atoms with van der Waals surface area (Å²) in [6.45, 7) is 15.8. The summed E-state index contributed by atoms with van der Waals surface area (Å²) in [7, 11) is 0. The summed E-state index contributed by atoms with van der Waals surface area (Å²) >= 11 is 0. The normalized spacial score (nSPS) is 14.7. The van der Waals surface area contributed by atoms with Gasteiger partial charge in [0.05, 0.1) is 6.07 Å². The minimum atomic E-state index is -0.509. The van der Waals surface area contributed by atoms with Crippen LogP contribution in [-0.2, 0) is 4.74 Å². The van der Waals surface area contributed by atoms with Crippen molar-refractivity contribution in [3.63, 3.8) is 0 Å². The smallest absolute Gasteiger partial charge is 0.407 e. The Labute approximate surface area is 129 Å². The molecule has 0 saturated carbocycles. The molecule has 2 unspecified atom stereocenters. The first kappa shape index (κ1) is 19.7. The molecule has 5 nitrogen and oxygen atoms in total. The minimum absolute atomic E-state index is 0.0717. The van der Waals surface area contributed by atoms with E-state index < -0.39 is 11.7 Å². The summed E-state index contributed by atoms with van der Waals surface area (Å²) < 4.78 is 5.25. The quantitative estimate of drug-likeness (QED) is 0.784. The van der Waals surface area contributed by atoms with E-state index in [1.165, 1.54) is 0 Å². The SMILES string of the molecule is CCN(CC)C(C#N)C(CNC(=O)OC(C)(C)C)C(C)C. The van der Waals surface area contributed by atoms with Crippen LogP contribution in [0.2, 0.25) is 0 Å². The van der Waals surface area contributed by atoms with Gasteiger partial charge >= 0.3 is 6.09 Å². The van der Waals surface area contributed by atoms with Gasteiger partial charge in [-0.3, -0.25) is 4.90 Å². The van der Waals surface area contributed by atoms with E-state index in [9.17, 15) is 10.1 Å². The number of amides is 1. The minimum Gasteiger partial charge on any atom is -0.444 e. The number of nitrogens with zero attached hydrogens (tertiary/aromatic N) is 2. The molecule has 0 aliphatic rings. The van der Waals surface area contributed by atoms with E-state index in [0.717, 1.165) is 13.1 Å². The molecule has 0 bridgehead atoms. The first-order valence-electron chi connectivity index (χ1n) is 7.76. The fourth-order valence-corrected chi connectivity index (χ4v) is 2.29. The molecule has 0 aromatic carbocycles. The van der Waals surface area contributed by atoms with Crippen LogP contribution in [0.25, 0.3) is 0 Å². The van der Waals surface area contributed by atoms with Crippen molar-refractivity contribution in [3.8, 4) is 6.07 Å². The molecule has 0 radical (unpaired) electrons. The van der Waals surface area contributed by atoms with Crippen molar-refractivity contribution in [3.05, 3.63) is 0 Å². The molecule has 0 spiro atoms. The maximum atomic E-state index is 11.8. The van der Waals surface area contributed by atoms with Crippen LogP contribution in [0.15, 0.2) is 0 Å². The highest BCUT2D eigenvalue weighted by Gasteiger charge is 2.29. The molecule has 0 aromatic rings. The summed E-state index contributed by atoms with van der Waals surface area (Å²) in [5, 5.41) is 12.3. The number of carbonyl (C=O) groups is 1. The number of hydrogen-bond donors (Lipinski definition) is 1. The second-order valence-corrected chi connectivity index (χ2v) is 6.59. The lowest BCUT2D eigenvalue weighted by Gasteiger charge is -2.33. The topological polar surface area (TPSA) is 65.4 Å². The highest BCUT2D eigenvalue weighted by atomic mass is 16.6. The molecular formula is C16H31N3O2. The summed E-state index contributed by atoms with van der Waals surface area (Å²) in [5.74, 6) is 0.368. The lowest BCUT2D eigenvalue weighted by atomic mass is 9.88. The molecule has 21 heavy (non-hydrogen) atoms. The molecule has 122 valence electrons. The Morgan fingerprint density at radius 2 is 1.81 bits per heavy atom. The number of carbonyl (C=O) groups excluding carboxylic acids is 1. The van der Waals surface area contributed by atoms with Crippen LogP contribution in [0, 0.1) is 23.2 Å². The standard InChI is InChI=1S/C16H31N3O2/c1-8-19(9-2)14(10-17)13(12(3)4)11-18-15(20)21-16(5,6)7/h12-14H,8-9,11H2,1-7H3,(H,18,20). The van der Waals surface area contributed by atoms with E-state index in [4.69, 9.17) is 4.74 Å². The fourth-order valence-electron chi connectivity index (χ4n) is 2.29. The lowest BCUT2D eigenvalue weighted by Crippen LogP contribution is -2.47. The number of rotatable bonds is 7. The van der Waals surface area contributed by atoms with Crippen LogP contribution in [0.5, 0.6) is 0 Å². The number of alkyl carbamates (subject to hydrolysis) is 1. The maximum absolute atomic E-state index is 11.8. The Morgan fingerprint density at radius 1 is 1.29 bits per heavy atom. The van der Waals surface area contributed by atoms with Crippen molar-refractivity contribution >= 4 is 6.09 Å². The molecule has 0 aliphatic carbocycles. The van der Waals surface area contributed by atoms with Crippen LogP contribution in [-0.4, -0.2) is 42.3 Å². The number of ether oxygens (including phenoxy) is 1. The predicted octanol–water partition coefficient (Wildman–Crippen LogP) is 3.02. The van der Waals surface area contributed by atoms with Gasteiger partial charge in [-0.1, -0.05) is 27.7 Å². The second-order valence-electron chi connectivity index (χ2n) is 6.59. The van der Waals surface area contributed by atoms with Gasteiger partial charge in [0.25, 0.3) is 0 Å². The molecule has 0 fully saturated rings. The molecule has 1 N–H and O–H groups in total. The zero-order chi connectivity index (χ0) is 16.6. The average Bonchev–Trinajstić information content (AvgIpc) is 2.35. The van der Waals surface area contributed by atoms with E-state index in [-0.39, 0.29) is 12.0 Å². The highest BCUT2D eigenvalue weighted by Crippen LogP contribution is 2.19. The van der Waals surface area contributed by atoms with Crippen molar-refractivity contribution in [2.75, 3.05) is 19.6 Å². The average molecular weight is 297 g/mol. The predicted molar refractivity (Wildman–Crippen MR) is 84.9 cm³/mol. The van der Waals surface area contributed by atoms with Gasteiger partial charge in [0.1, 0.15) is 11.6 Å². The molecule has 2 atom stereocenters. The van der Waals surface area contributed by atoms with Gasteiger partial charge in [-0.2, -0.15) is 5.26 Å². The monoisotopic (exact) mass is 297 g/mol. The third kappa shape index (κ3) is 7.33. The number of hydrogen-bond acceptors (Lipinski definition) is 4. The van der Waals surface area contributed by atoms with Gasteiger partial charge in [-0.25, -0.2) is 4.79 Å². The largest absolute Gasteiger partial charge is 0.444 e. The molecule has 0 rings (SSSR count). The molecule has 0 aliphatic heterocycles. The Morgan fingerprint density at radius 3 is 2.14 bits per heavy atom. The zero-order valence-electron chi connectivity index (χ0n) is 14.6. The molecule has 0 aromatic heterocycles. The third-order valence-corrected chi connectivity index (χ3v) is 3.48. The molecule has 1 amide bonds. The van der Waals surface area contributed by atoms with Gasteiger partial charge in [0.2, 0.25) is 0 Å². The van der Waals surface area contributed by atoms with E-state index in [1.54, 1.807) is 0 Å². The third-order valence-electron chi connectivity index (χ3n) is 3.48. The van der Waals surface area contributed by atoms with Crippen LogP contribution in [0.3, 0.4) is 0 Å². The second kappa shape index (κ2) is 8.89. The Hall–Kier alpha value is -1.28. The van der Waals surface area contributed by atoms with Crippen molar-refractivity contribution < 1.29 is 9.53 Å². The van der Waals surface area contributed by atoms with Crippen LogP contribution >= 0.6 is 0 Å². The molecule has 0 heterocycles. The van der Waals surface area contributed by atoms with E-state index in [1.807, 2.05) is 34.6 Å². The van der Waals surface area contributed by atoms with Gasteiger partial charge in [-0.15, -0.1) is 0 Å². The van der Waals surface area contributed by atoms with Gasteiger partial charge < -0.3 is 10.1 Å². The molecule has 0 saturated heterocycles. The molecular weight excluding hydrogens is 266 g/mol. The van der Waals surface area contributed by atoms with Gasteiger partial charge in [0, 0.05) is 12.5 Å². The number of nitrogens with one attached hydrogen (secondary N) is 1. The summed E-state index contributed by atoms with van der Waals surface area (Å²) in [6.07, 6.45) is -0.426. The first-order chi connectivity index (χ1) is 9.66. The van der Waals surface area contributed by atoms with Crippen molar-refractivity contribution in [2.24, 2.45) is 11.8 Å². The lowest BCUT2D eigenvalue weighted by molar-refractivity contribution is 0.0501. The summed E-state index contributed by atoms with van der Waals surface area (Å²) in [6, 6.07) is 2.19. The summed E-state index contributed by atoms with van der Waals surface area (Å²) in [5.41, 5.74) is -0.509. The van der Waals surface area contributed by atoms with Crippen LogP contribution in [0.4, 0.5) is 4.79 Å². The van der Waals surface area contributed by atoms with Crippen molar-refractivity contribution in [1.29, 1.82) is 5.26 Å². The number of nitriles is 1.